The lowest BCUT2D eigenvalue weighted by atomic mass is 10.1. The number of rotatable bonds is 7. The van der Waals surface area contributed by atoms with E-state index in [1.54, 1.807) is 18.2 Å². The minimum Gasteiger partial charge on any atom is -0.490 e. The molecule has 0 aliphatic carbocycles. The summed E-state index contributed by atoms with van der Waals surface area (Å²) in [6.07, 6.45) is -0.625. The van der Waals surface area contributed by atoms with E-state index in [2.05, 4.69) is 5.32 Å². The lowest BCUT2D eigenvalue weighted by Crippen LogP contribution is -2.35. The van der Waals surface area contributed by atoms with Crippen molar-refractivity contribution in [3.8, 4) is 5.75 Å². The summed E-state index contributed by atoms with van der Waals surface area (Å²) in [5.41, 5.74) is 6.58. The Labute approximate surface area is 113 Å². The molecule has 0 heterocycles. The Morgan fingerprint density at radius 1 is 1.47 bits per heavy atom. The number of benzene rings is 1. The van der Waals surface area contributed by atoms with Gasteiger partial charge in [0.2, 0.25) is 0 Å². The monoisotopic (exact) mass is 266 g/mol. The second-order valence-corrected chi connectivity index (χ2v) is 4.84. The van der Waals surface area contributed by atoms with Crippen LogP contribution in [0.5, 0.6) is 5.75 Å². The molecule has 0 saturated carbocycles. The van der Waals surface area contributed by atoms with Gasteiger partial charge in [0.05, 0.1) is 5.56 Å². The van der Waals surface area contributed by atoms with E-state index in [4.69, 9.17) is 10.5 Å². The molecule has 1 atom stereocenters. The highest BCUT2D eigenvalue weighted by Gasteiger charge is 2.11. The summed E-state index contributed by atoms with van der Waals surface area (Å²) in [5.74, 6) is 0.336. The molecule has 0 aliphatic heterocycles. The molecule has 106 valence electrons. The van der Waals surface area contributed by atoms with Gasteiger partial charge < -0.3 is 20.9 Å². The van der Waals surface area contributed by atoms with Crippen LogP contribution >= 0.6 is 0 Å². The number of carbonyl (C=O) groups excluding carboxylic acids is 1. The Hall–Kier alpha value is -1.59. The molecular formula is C14H22N2O3. The van der Waals surface area contributed by atoms with Crippen molar-refractivity contribution < 1.29 is 14.6 Å². The molecule has 5 nitrogen and oxygen atoms in total. The fourth-order valence-corrected chi connectivity index (χ4v) is 1.57. The fourth-order valence-electron chi connectivity index (χ4n) is 1.57. The summed E-state index contributed by atoms with van der Waals surface area (Å²) in [6.45, 7) is 6.03. The van der Waals surface area contributed by atoms with Crippen LogP contribution in [0.4, 0.5) is 5.69 Å². The largest absolute Gasteiger partial charge is 0.490 e. The maximum atomic E-state index is 11.5. The molecule has 19 heavy (non-hydrogen) atoms. The van der Waals surface area contributed by atoms with E-state index in [1.807, 2.05) is 13.8 Å². The fraction of sp³-hybridized carbons (Fsp3) is 0.500. The summed E-state index contributed by atoms with van der Waals surface area (Å²) < 4.78 is 5.48. The van der Waals surface area contributed by atoms with Crippen LogP contribution in [0.3, 0.4) is 0 Å². The molecule has 0 spiro atoms. The Balaban J connectivity index is 2.60. The van der Waals surface area contributed by atoms with Gasteiger partial charge in [0.15, 0.2) is 5.78 Å². The number of nitrogen functional groups attached to an aromatic ring is 1. The quantitative estimate of drug-likeness (QED) is 0.510. The third-order valence-electron chi connectivity index (χ3n) is 2.58. The van der Waals surface area contributed by atoms with Crippen molar-refractivity contribution in [2.75, 3.05) is 18.9 Å². The Morgan fingerprint density at radius 3 is 2.74 bits per heavy atom. The predicted molar refractivity (Wildman–Crippen MR) is 75.5 cm³/mol. The van der Waals surface area contributed by atoms with Crippen LogP contribution in [-0.4, -0.2) is 36.2 Å². The van der Waals surface area contributed by atoms with Crippen molar-refractivity contribution in [1.29, 1.82) is 0 Å². The topological polar surface area (TPSA) is 84.6 Å². The normalized spacial score (nSPS) is 12.5. The van der Waals surface area contributed by atoms with Gasteiger partial charge in [-0.05, 0) is 25.1 Å². The molecule has 5 heteroatoms. The number of aliphatic hydroxyl groups is 1. The molecule has 0 amide bonds. The highest BCUT2D eigenvalue weighted by Crippen LogP contribution is 2.22. The molecule has 0 unspecified atom stereocenters. The van der Waals surface area contributed by atoms with Crippen LogP contribution < -0.4 is 15.8 Å². The molecule has 1 rings (SSSR count). The van der Waals surface area contributed by atoms with Gasteiger partial charge in [-0.2, -0.15) is 0 Å². The zero-order chi connectivity index (χ0) is 14.4. The summed E-state index contributed by atoms with van der Waals surface area (Å²) in [4.78, 5) is 11.5. The number of Topliss-reactive ketones (excluding diaryl/α,β-unsaturated/α-hetero) is 1. The molecule has 0 saturated heterocycles. The molecule has 0 radical (unpaired) electrons. The maximum Gasteiger partial charge on any atom is 0.163 e. The van der Waals surface area contributed by atoms with Gasteiger partial charge in [-0.1, -0.05) is 13.8 Å². The molecule has 4 N–H and O–H groups in total. The Morgan fingerprint density at radius 2 is 2.16 bits per heavy atom. The van der Waals surface area contributed by atoms with Crippen molar-refractivity contribution in [3.63, 3.8) is 0 Å². The second kappa shape index (κ2) is 7.11. The number of hydrogen-bond acceptors (Lipinski definition) is 5. The van der Waals surface area contributed by atoms with E-state index in [-0.39, 0.29) is 12.4 Å². The number of hydrogen-bond donors (Lipinski definition) is 3. The first-order valence-corrected chi connectivity index (χ1v) is 6.35. The highest BCUT2D eigenvalue weighted by molar-refractivity contribution is 5.97. The standard InChI is InChI=1S/C14H22N2O3/c1-9(2)16-7-12(18)8-19-14-5-4-11(15)6-13(14)10(3)17/h4-6,9,12,16,18H,7-8,15H2,1-3H3/t12-/m0/s1. The van der Waals surface area contributed by atoms with E-state index in [0.29, 0.717) is 29.6 Å². The van der Waals surface area contributed by atoms with Gasteiger partial charge in [0, 0.05) is 18.3 Å². The highest BCUT2D eigenvalue weighted by atomic mass is 16.5. The minimum absolute atomic E-state index is 0.114. The zero-order valence-corrected chi connectivity index (χ0v) is 11.6. The van der Waals surface area contributed by atoms with Crippen molar-refractivity contribution in [2.45, 2.75) is 32.9 Å². The van der Waals surface area contributed by atoms with Crippen LogP contribution in [0.25, 0.3) is 0 Å². The first-order valence-electron chi connectivity index (χ1n) is 6.35. The van der Waals surface area contributed by atoms with Crippen LogP contribution in [0.1, 0.15) is 31.1 Å². The molecule has 0 aliphatic rings. The van der Waals surface area contributed by atoms with Crippen molar-refractivity contribution in [2.24, 2.45) is 0 Å². The van der Waals surface area contributed by atoms with Crippen LogP contribution in [0.2, 0.25) is 0 Å². The van der Waals surface area contributed by atoms with Gasteiger partial charge in [-0.15, -0.1) is 0 Å². The number of ether oxygens (including phenoxy) is 1. The van der Waals surface area contributed by atoms with Crippen molar-refractivity contribution >= 4 is 11.5 Å². The average molecular weight is 266 g/mol. The number of nitrogens with one attached hydrogen (secondary N) is 1. The van der Waals surface area contributed by atoms with E-state index in [9.17, 15) is 9.90 Å². The van der Waals surface area contributed by atoms with E-state index < -0.39 is 6.10 Å². The number of nitrogens with two attached hydrogens (primary N) is 1. The summed E-state index contributed by atoms with van der Waals surface area (Å²) in [6, 6.07) is 5.20. The third-order valence-corrected chi connectivity index (χ3v) is 2.58. The smallest absolute Gasteiger partial charge is 0.163 e. The van der Waals surface area contributed by atoms with Crippen LogP contribution in [0, 0.1) is 0 Å². The molecule has 1 aromatic rings. The summed E-state index contributed by atoms with van der Waals surface area (Å²) >= 11 is 0. The van der Waals surface area contributed by atoms with Gasteiger partial charge in [-0.25, -0.2) is 0 Å². The van der Waals surface area contributed by atoms with Gasteiger partial charge in [0.25, 0.3) is 0 Å². The van der Waals surface area contributed by atoms with E-state index in [0.717, 1.165) is 0 Å². The van der Waals surface area contributed by atoms with Crippen LogP contribution in [0.15, 0.2) is 18.2 Å². The minimum atomic E-state index is -0.625. The summed E-state index contributed by atoms with van der Waals surface area (Å²) in [7, 11) is 0. The van der Waals surface area contributed by atoms with Crippen molar-refractivity contribution in [1.82, 2.24) is 5.32 Å². The van der Waals surface area contributed by atoms with E-state index >= 15 is 0 Å². The maximum absolute atomic E-state index is 11.5. The lowest BCUT2D eigenvalue weighted by Gasteiger charge is -2.16. The molecular weight excluding hydrogens is 244 g/mol. The molecule has 0 aromatic heterocycles. The van der Waals surface area contributed by atoms with Gasteiger partial charge in [-0.3, -0.25) is 4.79 Å². The number of ketones is 1. The summed E-state index contributed by atoms with van der Waals surface area (Å²) in [5, 5.41) is 12.9. The number of aliphatic hydroxyl groups excluding tert-OH is 1. The molecule has 0 fully saturated rings. The van der Waals surface area contributed by atoms with E-state index in [1.165, 1.54) is 6.92 Å². The number of anilines is 1. The molecule has 1 aromatic carbocycles. The average Bonchev–Trinajstić information content (AvgIpc) is 2.34. The lowest BCUT2D eigenvalue weighted by molar-refractivity contribution is 0.0968. The Kier molecular flexibility index (Phi) is 5.79. The third kappa shape index (κ3) is 5.28. The molecule has 0 bridgehead atoms. The number of carbonyl (C=O) groups is 1. The van der Waals surface area contributed by atoms with Crippen LogP contribution in [-0.2, 0) is 0 Å². The van der Waals surface area contributed by atoms with Crippen molar-refractivity contribution in [3.05, 3.63) is 23.8 Å². The first-order chi connectivity index (χ1) is 8.90. The second-order valence-electron chi connectivity index (χ2n) is 4.84. The SMILES string of the molecule is CC(=O)c1cc(N)ccc1OC[C@@H](O)CNC(C)C. The van der Waals surface area contributed by atoms with Gasteiger partial charge in [0.1, 0.15) is 18.5 Å². The zero-order valence-electron chi connectivity index (χ0n) is 11.6. The predicted octanol–water partition coefficient (Wildman–Crippen LogP) is 1.21. The first kappa shape index (κ1) is 15.5. The van der Waals surface area contributed by atoms with Gasteiger partial charge >= 0.3 is 0 Å². The Bertz CT molecular complexity index is 433.